The van der Waals surface area contributed by atoms with Crippen molar-refractivity contribution in [2.45, 2.75) is 70.8 Å². The van der Waals surface area contributed by atoms with E-state index in [2.05, 4.69) is 6.92 Å². The topological polar surface area (TPSA) is 46.2 Å². The number of hydrogen-bond donors (Lipinski definition) is 0. The third-order valence-electron chi connectivity index (χ3n) is 3.81. The summed E-state index contributed by atoms with van der Waals surface area (Å²) in [6, 6.07) is 0. The largest absolute Gasteiger partial charge is 0.348 e. The molecule has 0 aromatic rings. The van der Waals surface area contributed by atoms with Crippen LogP contribution in [0.25, 0.3) is 0 Å². The Balaban J connectivity index is 1.68. The Morgan fingerprint density at radius 2 is 1.61 bits per heavy atom. The van der Waals surface area contributed by atoms with E-state index in [1.54, 1.807) is 0 Å². The fourth-order valence-corrected chi connectivity index (χ4v) is 2.99. The summed E-state index contributed by atoms with van der Waals surface area (Å²) in [6.07, 6.45) is -0.376. The maximum Gasteiger partial charge on any atom is 0.187 e. The van der Waals surface area contributed by atoms with Gasteiger partial charge < -0.3 is 23.7 Å². The van der Waals surface area contributed by atoms with Crippen LogP contribution in [0.2, 0.25) is 0 Å². The van der Waals surface area contributed by atoms with Gasteiger partial charge in [0, 0.05) is 5.92 Å². The molecule has 0 N–H and O–H groups in total. The first-order valence-corrected chi connectivity index (χ1v) is 6.60. The van der Waals surface area contributed by atoms with E-state index in [1.807, 2.05) is 27.7 Å². The first kappa shape index (κ1) is 12.8. The molecule has 0 aromatic heterocycles. The fraction of sp³-hybridized carbons (Fsp3) is 1.00. The molecule has 0 saturated carbocycles. The first-order chi connectivity index (χ1) is 8.27. The molecule has 0 aliphatic carbocycles. The van der Waals surface area contributed by atoms with Crippen molar-refractivity contribution in [3.63, 3.8) is 0 Å². The monoisotopic (exact) mass is 258 g/mol. The van der Waals surface area contributed by atoms with Crippen molar-refractivity contribution in [1.82, 2.24) is 0 Å². The maximum atomic E-state index is 5.96. The summed E-state index contributed by atoms with van der Waals surface area (Å²) in [5.74, 6) is -0.841. The highest BCUT2D eigenvalue weighted by molar-refractivity contribution is 4.95. The van der Waals surface area contributed by atoms with Crippen LogP contribution in [0.1, 0.15) is 34.6 Å². The van der Waals surface area contributed by atoms with Crippen molar-refractivity contribution in [3.8, 4) is 0 Å². The molecule has 3 saturated heterocycles. The second kappa shape index (κ2) is 3.90. The van der Waals surface area contributed by atoms with Crippen molar-refractivity contribution >= 4 is 0 Å². The van der Waals surface area contributed by atoms with E-state index in [4.69, 9.17) is 23.7 Å². The van der Waals surface area contributed by atoms with Crippen molar-refractivity contribution in [1.29, 1.82) is 0 Å². The fourth-order valence-electron chi connectivity index (χ4n) is 2.99. The van der Waals surface area contributed by atoms with Crippen LogP contribution in [-0.2, 0) is 23.7 Å². The third-order valence-corrected chi connectivity index (χ3v) is 3.81. The summed E-state index contributed by atoms with van der Waals surface area (Å²) in [7, 11) is 0. The minimum Gasteiger partial charge on any atom is -0.348 e. The molecule has 104 valence electrons. The molecule has 2 unspecified atom stereocenters. The predicted octanol–water partition coefficient (Wildman–Crippen LogP) is 1.65. The molecule has 18 heavy (non-hydrogen) atoms. The lowest BCUT2D eigenvalue weighted by atomic mass is 9.97. The second-order valence-corrected chi connectivity index (χ2v) is 6.30. The molecule has 0 aromatic carbocycles. The first-order valence-electron chi connectivity index (χ1n) is 6.60. The predicted molar refractivity (Wildman–Crippen MR) is 62.8 cm³/mol. The van der Waals surface area contributed by atoms with E-state index < -0.39 is 11.6 Å². The highest BCUT2D eigenvalue weighted by Crippen LogP contribution is 2.43. The van der Waals surface area contributed by atoms with E-state index >= 15 is 0 Å². The number of rotatable bonds is 1. The minimum absolute atomic E-state index is 0.0164. The molecule has 3 aliphatic rings. The van der Waals surface area contributed by atoms with E-state index in [-0.39, 0.29) is 30.5 Å². The van der Waals surface area contributed by atoms with Crippen LogP contribution >= 0.6 is 0 Å². The van der Waals surface area contributed by atoms with Gasteiger partial charge in [-0.3, -0.25) is 0 Å². The molecular formula is C13H22O5. The summed E-state index contributed by atoms with van der Waals surface area (Å²) < 4.78 is 29.0. The van der Waals surface area contributed by atoms with Crippen LogP contribution in [0.15, 0.2) is 0 Å². The second-order valence-electron chi connectivity index (χ2n) is 6.30. The highest BCUT2D eigenvalue weighted by Gasteiger charge is 2.56. The molecule has 0 bridgehead atoms. The Kier molecular flexibility index (Phi) is 2.78. The molecule has 5 nitrogen and oxygen atoms in total. The van der Waals surface area contributed by atoms with Gasteiger partial charge in [0.25, 0.3) is 0 Å². The Labute approximate surface area is 108 Å². The van der Waals surface area contributed by atoms with Gasteiger partial charge in [0.1, 0.15) is 12.2 Å². The molecule has 0 radical (unpaired) electrons. The van der Waals surface area contributed by atoms with Crippen LogP contribution in [0, 0.1) is 5.92 Å². The average Bonchev–Trinajstić information content (AvgIpc) is 2.81. The zero-order valence-electron chi connectivity index (χ0n) is 11.6. The van der Waals surface area contributed by atoms with Crippen LogP contribution in [0.5, 0.6) is 0 Å². The maximum absolute atomic E-state index is 5.96. The van der Waals surface area contributed by atoms with Crippen molar-refractivity contribution in [3.05, 3.63) is 0 Å². The summed E-state index contributed by atoms with van der Waals surface area (Å²) in [5.41, 5.74) is 0. The zero-order valence-corrected chi connectivity index (χ0v) is 11.6. The van der Waals surface area contributed by atoms with Crippen molar-refractivity contribution < 1.29 is 23.7 Å². The molecule has 3 rings (SSSR count). The smallest absolute Gasteiger partial charge is 0.187 e. The Morgan fingerprint density at radius 3 is 2.17 bits per heavy atom. The molecule has 3 fully saturated rings. The number of fused-ring (bicyclic) bond motifs is 1. The van der Waals surface area contributed by atoms with Gasteiger partial charge in [-0.2, -0.15) is 0 Å². The van der Waals surface area contributed by atoms with Gasteiger partial charge in [0.15, 0.2) is 17.9 Å². The Bertz CT molecular complexity index is 340. The Morgan fingerprint density at radius 1 is 0.889 bits per heavy atom. The molecule has 3 heterocycles. The van der Waals surface area contributed by atoms with Crippen LogP contribution in [0.3, 0.4) is 0 Å². The normalized spacial score (nSPS) is 49.5. The van der Waals surface area contributed by atoms with Gasteiger partial charge in [-0.25, -0.2) is 0 Å². The SMILES string of the molecule is C[C@H]1C2OC(C)(C)O[C@H]2O[C@@H]1C1COC(C)(C)O1. The van der Waals surface area contributed by atoms with Crippen LogP contribution < -0.4 is 0 Å². The Hall–Kier alpha value is -0.200. The van der Waals surface area contributed by atoms with Crippen molar-refractivity contribution in [2.75, 3.05) is 6.61 Å². The lowest BCUT2D eigenvalue weighted by molar-refractivity contribution is -0.226. The van der Waals surface area contributed by atoms with Crippen LogP contribution in [0.4, 0.5) is 0 Å². The van der Waals surface area contributed by atoms with Gasteiger partial charge in [0.2, 0.25) is 0 Å². The van der Waals surface area contributed by atoms with Gasteiger partial charge in [-0.1, -0.05) is 6.92 Å². The average molecular weight is 258 g/mol. The minimum atomic E-state index is -0.555. The summed E-state index contributed by atoms with van der Waals surface area (Å²) in [5, 5.41) is 0. The summed E-state index contributed by atoms with van der Waals surface area (Å²) in [6.45, 7) is 10.3. The zero-order chi connectivity index (χ0) is 13.1. The molecule has 5 heteroatoms. The third kappa shape index (κ3) is 2.08. The summed E-state index contributed by atoms with van der Waals surface area (Å²) >= 11 is 0. The quantitative estimate of drug-likeness (QED) is 0.715. The van der Waals surface area contributed by atoms with Crippen molar-refractivity contribution in [2.24, 2.45) is 5.92 Å². The van der Waals surface area contributed by atoms with Gasteiger partial charge >= 0.3 is 0 Å². The molecule has 0 amide bonds. The molecule has 0 spiro atoms. The molecular weight excluding hydrogens is 236 g/mol. The van der Waals surface area contributed by atoms with Gasteiger partial charge in [0.05, 0.1) is 12.7 Å². The standard InChI is InChI=1S/C13H22O5/c1-7-9(8-6-14-12(2,3)16-8)15-11-10(7)17-13(4,5)18-11/h7-11H,6H2,1-5H3/t7-,8?,9+,10?,11-/m1/s1. The van der Waals surface area contributed by atoms with Gasteiger partial charge in [-0.05, 0) is 27.7 Å². The lowest BCUT2D eigenvalue weighted by Gasteiger charge is -2.27. The number of hydrogen-bond acceptors (Lipinski definition) is 5. The molecule has 5 atom stereocenters. The highest BCUT2D eigenvalue weighted by atomic mass is 16.8. The number of ether oxygens (including phenoxy) is 5. The van der Waals surface area contributed by atoms with E-state index in [0.29, 0.717) is 6.61 Å². The van der Waals surface area contributed by atoms with Crippen LogP contribution in [-0.4, -0.2) is 42.8 Å². The lowest BCUT2D eigenvalue weighted by Crippen LogP contribution is -2.37. The van der Waals surface area contributed by atoms with E-state index in [0.717, 1.165) is 0 Å². The summed E-state index contributed by atoms with van der Waals surface area (Å²) in [4.78, 5) is 0. The van der Waals surface area contributed by atoms with E-state index in [1.165, 1.54) is 0 Å². The van der Waals surface area contributed by atoms with Gasteiger partial charge in [-0.15, -0.1) is 0 Å². The van der Waals surface area contributed by atoms with E-state index in [9.17, 15) is 0 Å². The molecule has 3 aliphatic heterocycles.